The molecule has 134 valence electrons. The number of carbonyl (C=O) groups excluding carboxylic acids is 1. The minimum absolute atomic E-state index is 0.0577. The number of nitrogens with zero attached hydrogens (tertiary/aromatic N) is 4. The zero-order chi connectivity index (χ0) is 17.5. The summed E-state index contributed by atoms with van der Waals surface area (Å²) in [5, 5.41) is 25.2. The van der Waals surface area contributed by atoms with E-state index in [2.05, 4.69) is 20.8 Å². The number of aliphatic hydroxyl groups is 1. The Hall–Kier alpha value is -1.93. The van der Waals surface area contributed by atoms with Crippen molar-refractivity contribution < 1.29 is 9.90 Å². The minimum Gasteiger partial charge on any atom is -0.393 e. The van der Waals surface area contributed by atoms with Crippen LogP contribution in [0.4, 0.5) is 0 Å². The van der Waals surface area contributed by atoms with Gasteiger partial charge in [0.05, 0.1) is 11.8 Å². The molecule has 1 aromatic carbocycles. The molecule has 1 aliphatic carbocycles. The van der Waals surface area contributed by atoms with Crippen LogP contribution < -0.4 is 5.32 Å². The fraction of sp³-hybridized carbons (Fsp3) is 0.529. The van der Waals surface area contributed by atoms with Crippen LogP contribution in [0.15, 0.2) is 35.5 Å². The predicted molar refractivity (Wildman–Crippen MR) is 95.5 cm³/mol. The van der Waals surface area contributed by atoms with Crippen molar-refractivity contribution in [1.82, 2.24) is 25.5 Å². The van der Waals surface area contributed by atoms with E-state index >= 15 is 0 Å². The van der Waals surface area contributed by atoms with Gasteiger partial charge in [-0.3, -0.25) is 4.79 Å². The van der Waals surface area contributed by atoms with Crippen LogP contribution in [0.5, 0.6) is 0 Å². The highest BCUT2D eigenvalue weighted by Gasteiger charge is 2.21. The van der Waals surface area contributed by atoms with Crippen LogP contribution in [0.3, 0.4) is 0 Å². The molecule has 0 bridgehead atoms. The molecule has 0 aliphatic heterocycles. The molecule has 1 heterocycles. The number of para-hydroxylation sites is 1. The molecule has 3 rings (SSSR count). The van der Waals surface area contributed by atoms with Crippen molar-refractivity contribution in [3.8, 4) is 5.69 Å². The summed E-state index contributed by atoms with van der Waals surface area (Å²) in [5.41, 5.74) is 0.920. The summed E-state index contributed by atoms with van der Waals surface area (Å²) in [5.74, 6) is 0.829. The van der Waals surface area contributed by atoms with Crippen molar-refractivity contribution in [3.63, 3.8) is 0 Å². The Labute approximate surface area is 151 Å². The highest BCUT2D eigenvalue weighted by atomic mass is 32.2. The zero-order valence-electron chi connectivity index (χ0n) is 14.0. The lowest BCUT2D eigenvalue weighted by molar-refractivity contribution is -0.122. The van der Waals surface area contributed by atoms with Crippen LogP contribution in [0.1, 0.15) is 38.5 Å². The van der Waals surface area contributed by atoms with E-state index in [1.54, 1.807) is 16.4 Å². The van der Waals surface area contributed by atoms with Crippen LogP contribution in [-0.4, -0.2) is 49.1 Å². The summed E-state index contributed by atoms with van der Waals surface area (Å²) in [6.45, 7) is 0. The second-order valence-corrected chi connectivity index (χ2v) is 7.31. The van der Waals surface area contributed by atoms with Crippen molar-refractivity contribution in [2.45, 2.75) is 55.8 Å². The van der Waals surface area contributed by atoms with Crippen molar-refractivity contribution >= 4 is 17.7 Å². The first-order valence-corrected chi connectivity index (χ1v) is 9.65. The van der Waals surface area contributed by atoms with Gasteiger partial charge in [-0.15, -0.1) is 5.10 Å². The fourth-order valence-corrected chi connectivity index (χ4v) is 3.82. The van der Waals surface area contributed by atoms with E-state index < -0.39 is 0 Å². The van der Waals surface area contributed by atoms with Crippen molar-refractivity contribution in [2.24, 2.45) is 0 Å². The summed E-state index contributed by atoms with van der Waals surface area (Å²) in [4.78, 5) is 12.0. The molecule has 1 aliphatic rings. The molecule has 0 saturated heterocycles. The molecule has 8 heteroatoms. The lowest BCUT2D eigenvalue weighted by atomic mass is 9.93. The van der Waals surface area contributed by atoms with Gasteiger partial charge in [-0.2, -0.15) is 4.68 Å². The molecular formula is C17H23N5O2S. The maximum absolute atomic E-state index is 12.0. The molecule has 0 spiro atoms. The molecule has 1 fully saturated rings. The van der Waals surface area contributed by atoms with Crippen molar-refractivity contribution in [1.29, 1.82) is 0 Å². The number of tetrazole rings is 1. The highest BCUT2D eigenvalue weighted by Crippen LogP contribution is 2.20. The van der Waals surface area contributed by atoms with Gasteiger partial charge >= 0.3 is 0 Å². The average Bonchev–Trinajstić information content (AvgIpc) is 3.08. The van der Waals surface area contributed by atoms with Gasteiger partial charge in [0.15, 0.2) is 0 Å². The number of carbonyl (C=O) groups is 1. The molecule has 2 aromatic rings. The number of amides is 1. The maximum Gasteiger partial charge on any atom is 0.220 e. The Morgan fingerprint density at radius 3 is 2.96 bits per heavy atom. The normalized spacial score (nSPS) is 20.4. The van der Waals surface area contributed by atoms with E-state index in [0.717, 1.165) is 42.3 Å². The molecule has 25 heavy (non-hydrogen) atoms. The van der Waals surface area contributed by atoms with E-state index in [4.69, 9.17) is 0 Å². The fourth-order valence-electron chi connectivity index (χ4n) is 2.99. The van der Waals surface area contributed by atoms with E-state index in [-0.39, 0.29) is 18.1 Å². The molecule has 1 amide bonds. The second-order valence-electron chi connectivity index (χ2n) is 6.25. The number of thioether (sulfide) groups is 1. The molecular weight excluding hydrogens is 338 g/mol. The summed E-state index contributed by atoms with van der Waals surface area (Å²) in [6, 6.07) is 9.86. The Kier molecular flexibility index (Phi) is 6.41. The number of hydrogen-bond acceptors (Lipinski definition) is 6. The SMILES string of the molecule is O=C(CCCSc1nnnn1-c1ccccc1)NC1CCCC(O)C1. The average molecular weight is 361 g/mol. The lowest BCUT2D eigenvalue weighted by Gasteiger charge is -2.26. The first-order valence-electron chi connectivity index (χ1n) is 8.66. The smallest absolute Gasteiger partial charge is 0.220 e. The molecule has 2 unspecified atom stereocenters. The van der Waals surface area contributed by atoms with Gasteiger partial charge in [-0.1, -0.05) is 30.0 Å². The van der Waals surface area contributed by atoms with Gasteiger partial charge < -0.3 is 10.4 Å². The van der Waals surface area contributed by atoms with Crippen LogP contribution in [0.2, 0.25) is 0 Å². The van der Waals surface area contributed by atoms with Crippen LogP contribution >= 0.6 is 11.8 Å². The van der Waals surface area contributed by atoms with Gasteiger partial charge in [0.1, 0.15) is 0 Å². The third kappa shape index (κ3) is 5.27. The number of aromatic nitrogens is 4. The molecule has 7 nitrogen and oxygen atoms in total. The summed E-state index contributed by atoms with van der Waals surface area (Å²) in [6.07, 6.45) is 4.42. The van der Waals surface area contributed by atoms with E-state index in [0.29, 0.717) is 12.8 Å². The number of rotatable bonds is 7. The molecule has 0 radical (unpaired) electrons. The topological polar surface area (TPSA) is 92.9 Å². The van der Waals surface area contributed by atoms with Crippen LogP contribution in [-0.2, 0) is 4.79 Å². The molecule has 2 atom stereocenters. The first-order chi connectivity index (χ1) is 12.2. The first kappa shape index (κ1) is 17.9. The molecule has 1 saturated carbocycles. The van der Waals surface area contributed by atoms with Gasteiger partial charge in [-0.25, -0.2) is 0 Å². The van der Waals surface area contributed by atoms with Crippen LogP contribution in [0, 0.1) is 0 Å². The minimum atomic E-state index is -0.272. The van der Waals surface area contributed by atoms with E-state index in [1.807, 2.05) is 30.3 Å². The third-order valence-corrected chi connectivity index (χ3v) is 5.24. The predicted octanol–water partition coefficient (Wildman–Crippen LogP) is 1.95. The van der Waals surface area contributed by atoms with Crippen molar-refractivity contribution in [3.05, 3.63) is 30.3 Å². The Balaban J connectivity index is 1.40. The number of hydrogen-bond donors (Lipinski definition) is 2. The Bertz CT molecular complexity index is 679. The molecule has 1 aromatic heterocycles. The summed E-state index contributed by atoms with van der Waals surface area (Å²) >= 11 is 1.54. The molecule has 2 N–H and O–H groups in total. The van der Waals surface area contributed by atoms with E-state index in [9.17, 15) is 9.90 Å². The van der Waals surface area contributed by atoms with Gasteiger partial charge in [0.25, 0.3) is 0 Å². The van der Waals surface area contributed by atoms with Gasteiger partial charge in [0, 0.05) is 18.2 Å². The lowest BCUT2D eigenvalue weighted by Crippen LogP contribution is -2.39. The second kappa shape index (κ2) is 8.96. The van der Waals surface area contributed by atoms with Gasteiger partial charge in [-0.05, 0) is 54.7 Å². The summed E-state index contributed by atoms with van der Waals surface area (Å²) in [7, 11) is 0. The monoisotopic (exact) mass is 361 g/mol. The Morgan fingerprint density at radius 2 is 2.16 bits per heavy atom. The number of nitrogens with one attached hydrogen (secondary N) is 1. The quantitative estimate of drug-likeness (QED) is 0.578. The number of benzene rings is 1. The largest absolute Gasteiger partial charge is 0.393 e. The van der Waals surface area contributed by atoms with Crippen LogP contribution in [0.25, 0.3) is 5.69 Å². The number of aliphatic hydroxyl groups excluding tert-OH is 1. The van der Waals surface area contributed by atoms with Crippen molar-refractivity contribution in [2.75, 3.05) is 5.75 Å². The highest BCUT2D eigenvalue weighted by molar-refractivity contribution is 7.99. The van der Waals surface area contributed by atoms with E-state index in [1.165, 1.54) is 0 Å². The zero-order valence-corrected chi connectivity index (χ0v) is 14.9. The third-order valence-electron chi connectivity index (χ3n) is 4.23. The maximum atomic E-state index is 12.0. The van der Waals surface area contributed by atoms with Gasteiger partial charge in [0.2, 0.25) is 11.1 Å². The summed E-state index contributed by atoms with van der Waals surface area (Å²) < 4.78 is 1.70. The Morgan fingerprint density at radius 1 is 1.32 bits per heavy atom. The standard InChI is InChI=1S/C17H23N5O2S/c23-15-9-4-6-13(12-15)18-16(24)10-5-11-25-17-19-20-21-22(17)14-7-2-1-3-8-14/h1-3,7-8,13,15,23H,4-6,9-12H2,(H,18,24).